The number of benzene rings is 1. The van der Waals surface area contributed by atoms with Crippen LogP contribution >= 0.6 is 11.8 Å². The van der Waals surface area contributed by atoms with E-state index in [0.717, 1.165) is 11.8 Å². The van der Waals surface area contributed by atoms with Gasteiger partial charge in [-0.05, 0) is 25.1 Å². The monoisotopic (exact) mass is 272 g/mol. The third-order valence-electron chi connectivity index (χ3n) is 2.23. The standard InChI is InChI=1S/C12H13FO4S/c1-2-15-12(14)11(13)18-8-3-4-9-10(7-8)17-6-5-16-9/h3-4,7,11H,2,5-6H2,1H3. The summed E-state index contributed by atoms with van der Waals surface area (Å²) in [5.74, 6) is 0.344. The molecule has 1 heterocycles. The maximum Gasteiger partial charge on any atom is 0.351 e. The van der Waals surface area contributed by atoms with Gasteiger partial charge < -0.3 is 14.2 Å². The highest BCUT2D eigenvalue weighted by Crippen LogP contribution is 2.35. The summed E-state index contributed by atoms with van der Waals surface area (Å²) < 4.78 is 28.8. The van der Waals surface area contributed by atoms with Gasteiger partial charge in [0.25, 0.3) is 0 Å². The van der Waals surface area contributed by atoms with Crippen LogP contribution in [0.3, 0.4) is 0 Å². The zero-order valence-corrected chi connectivity index (χ0v) is 10.7. The van der Waals surface area contributed by atoms with Gasteiger partial charge in [0, 0.05) is 4.90 Å². The fourth-order valence-electron chi connectivity index (χ4n) is 1.47. The lowest BCUT2D eigenvalue weighted by molar-refractivity contribution is -0.145. The Hall–Kier alpha value is -1.43. The lowest BCUT2D eigenvalue weighted by atomic mass is 10.3. The average molecular weight is 272 g/mol. The Morgan fingerprint density at radius 1 is 1.44 bits per heavy atom. The second kappa shape index (κ2) is 5.95. The van der Waals surface area contributed by atoms with E-state index in [-0.39, 0.29) is 6.61 Å². The van der Waals surface area contributed by atoms with E-state index in [0.29, 0.717) is 29.6 Å². The molecule has 18 heavy (non-hydrogen) atoms. The first-order valence-electron chi connectivity index (χ1n) is 5.57. The molecule has 0 aromatic heterocycles. The van der Waals surface area contributed by atoms with Crippen molar-refractivity contribution in [2.24, 2.45) is 0 Å². The van der Waals surface area contributed by atoms with Gasteiger partial charge in [0.15, 0.2) is 11.5 Å². The molecule has 0 N–H and O–H groups in total. The first kappa shape index (κ1) is 13.0. The summed E-state index contributed by atoms with van der Waals surface area (Å²) in [5.41, 5.74) is -1.73. The van der Waals surface area contributed by atoms with E-state index >= 15 is 0 Å². The number of fused-ring (bicyclic) bond motifs is 1. The maximum absolute atomic E-state index is 13.5. The molecule has 1 aromatic rings. The molecule has 0 amide bonds. The van der Waals surface area contributed by atoms with E-state index in [2.05, 4.69) is 4.74 Å². The molecule has 0 aliphatic carbocycles. The topological polar surface area (TPSA) is 44.8 Å². The van der Waals surface area contributed by atoms with Crippen LogP contribution in [0.25, 0.3) is 0 Å². The number of thioether (sulfide) groups is 1. The number of esters is 1. The van der Waals surface area contributed by atoms with E-state index in [1.54, 1.807) is 25.1 Å². The molecule has 0 radical (unpaired) electrons. The van der Waals surface area contributed by atoms with Crippen molar-refractivity contribution < 1.29 is 23.4 Å². The molecule has 1 unspecified atom stereocenters. The molecular weight excluding hydrogens is 259 g/mol. The van der Waals surface area contributed by atoms with E-state index in [1.165, 1.54) is 0 Å². The normalized spacial score (nSPS) is 15.0. The van der Waals surface area contributed by atoms with Gasteiger partial charge in [-0.15, -0.1) is 0 Å². The lowest BCUT2D eigenvalue weighted by Crippen LogP contribution is -2.16. The van der Waals surface area contributed by atoms with Gasteiger partial charge in [-0.2, -0.15) is 0 Å². The number of carbonyl (C=O) groups is 1. The summed E-state index contributed by atoms with van der Waals surface area (Å²) in [6, 6.07) is 5.05. The number of carbonyl (C=O) groups excluding carboxylic acids is 1. The molecular formula is C12H13FO4S. The Morgan fingerprint density at radius 3 is 2.89 bits per heavy atom. The van der Waals surface area contributed by atoms with Crippen LogP contribution in [0, 0.1) is 0 Å². The Kier molecular flexibility index (Phi) is 4.30. The quantitative estimate of drug-likeness (QED) is 0.622. The Balaban J connectivity index is 2.03. The molecule has 4 nitrogen and oxygen atoms in total. The van der Waals surface area contributed by atoms with Crippen molar-refractivity contribution >= 4 is 17.7 Å². The molecule has 2 rings (SSSR count). The third kappa shape index (κ3) is 3.07. The van der Waals surface area contributed by atoms with Crippen LogP contribution in [0.4, 0.5) is 4.39 Å². The molecule has 1 atom stereocenters. The van der Waals surface area contributed by atoms with E-state index in [4.69, 9.17) is 9.47 Å². The Bertz CT molecular complexity index is 438. The summed E-state index contributed by atoms with van der Waals surface area (Å²) in [5, 5.41) is 0. The molecule has 98 valence electrons. The van der Waals surface area contributed by atoms with Crippen LogP contribution in [-0.4, -0.2) is 31.3 Å². The van der Waals surface area contributed by atoms with Crippen molar-refractivity contribution in [2.75, 3.05) is 19.8 Å². The maximum atomic E-state index is 13.5. The molecule has 1 aromatic carbocycles. The molecule has 1 aliphatic rings. The average Bonchev–Trinajstić information content (AvgIpc) is 2.39. The number of halogens is 1. The first-order chi connectivity index (χ1) is 8.70. The largest absolute Gasteiger partial charge is 0.486 e. The third-order valence-corrected chi connectivity index (χ3v) is 3.15. The number of rotatable bonds is 4. The van der Waals surface area contributed by atoms with Gasteiger partial charge in [-0.3, -0.25) is 0 Å². The van der Waals surface area contributed by atoms with Crippen LogP contribution in [0.2, 0.25) is 0 Å². The smallest absolute Gasteiger partial charge is 0.351 e. The van der Waals surface area contributed by atoms with Crippen molar-refractivity contribution in [2.45, 2.75) is 17.3 Å². The highest BCUT2D eigenvalue weighted by Gasteiger charge is 2.21. The zero-order chi connectivity index (χ0) is 13.0. The minimum absolute atomic E-state index is 0.168. The van der Waals surface area contributed by atoms with E-state index < -0.39 is 11.5 Å². The summed E-state index contributed by atoms with van der Waals surface area (Å²) in [4.78, 5) is 11.8. The van der Waals surface area contributed by atoms with Crippen LogP contribution in [0.5, 0.6) is 11.5 Å². The van der Waals surface area contributed by atoms with Crippen LogP contribution in [0.1, 0.15) is 6.92 Å². The van der Waals surface area contributed by atoms with E-state index in [9.17, 15) is 9.18 Å². The summed E-state index contributed by atoms with van der Waals surface area (Å²) >= 11 is 0.788. The van der Waals surface area contributed by atoms with Crippen molar-refractivity contribution in [3.63, 3.8) is 0 Å². The number of hydrogen-bond donors (Lipinski definition) is 0. The van der Waals surface area contributed by atoms with Crippen LogP contribution in [0.15, 0.2) is 23.1 Å². The van der Waals surface area contributed by atoms with Gasteiger partial charge in [-0.25, -0.2) is 9.18 Å². The van der Waals surface area contributed by atoms with Crippen LogP contribution in [-0.2, 0) is 9.53 Å². The molecule has 0 spiro atoms. The molecule has 0 saturated heterocycles. The predicted octanol–water partition coefficient (Wildman–Crippen LogP) is 2.41. The van der Waals surface area contributed by atoms with Gasteiger partial charge in [-0.1, -0.05) is 11.8 Å². The molecule has 0 saturated carbocycles. The summed E-state index contributed by atoms with van der Waals surface area (Å²) in [7, 11) is 0. The zero-order valence-electron chi connectivity index (χ0n) is 9.85. The molecule has 0 bridgehead atoms. The Morgan fingerprint density at radius 2 is 2.17 bits per heavy atom. The minimum Gasteiger partial charge on any atom is -0.486 e. The second-order valence-corrected chi connectivity index (χ2v) is 4.61. The van der Waals surface area contributed by atoms with Gasteiger partial charge in [0.2, 0.25) is 5.50 Å². The first-order valence-corrected chi connectivity index (χ1v) is 6.45. The van der Waals surface area contributed by atoms with E-state index in [1.807, 2.05) is 0 Å². The molecule has 0 fully saturated rings. The highest BCUT2D eigenvalue weighted by atomic mass is 32.2. The van der Waals surface area contributed by atoms with Crippen molar-refractivity contribution in [3.8, 4) is 11.5 Å². The highest BCUT2D eigenvalue weighted by molar-refractivity contribution is 8.00. The number of alkyl halides is 1. The molecule has 1 aliphatic heterocycles. The summed E-state index contributed by atoms with van der Waals surface area (Å²) in [6.07, 6.45) is 0. The van der Waals surface area contributed by atoms with Gasteiger partial charge in [0.05, 0.1) is 6.61 Å². The fraction of sp³-hybridized carbons (Fsp3) is 0.417. The Labute approximate surface area is 108 Å². The second-order valence-electron chi connectivity index (χ2n) is 3.49. The predicted molar refractivity (Wildman–Crippen MR) is 64.8 cm³/mol. The van der Waals surface area contributed by atoms with Crippen molar-refractivity contribution in [1.82, 2.24) is 0 Å². The summed E-state index contributed by atoms with van der Waals surface area (Å²) in [6.45, 7) is 2.78. The van der Waals surface area contributed by atoms with Crippen molar-refractivity contribution in [3.05, 3.63) is 18.2 Å². The van der Waals surface area contributed by atoms with Crippen LogP contribution < -0.4 is 9.47 Å². The number of ether oxygens (including phenoxy) is 3. The minimum atomic E-state index is -1.73. The SMILES string of the molecule is CCOC(=O)C(F)Sc1ccc2c(c1)OCCO2. The molecule has 6 heteroatoms. The number of hydrogen-bond acceptors (Lipinski definition) is 5. The lowest BCUT2D eigenvalue weighted by Gasteiger charge is -2.18. The van der Waals surface area contributed by atoms with Crippen molar-refractivity contribution in [1.29, 1.82) is 0 Å². The van der Waals surface area contributed by atoms with Gasteiger partial charge in [0.1, 0.15) is 13.2 Å². The fourth-order valence-corrected chi connectivity index (χ4v) is 2.20. The van der Waals surface area contributed by atoms with Gasteiger partial charge >= 0.3 is 5.97 Å².